The number of amides is 2. The van der Waals surface area contributed by atoms with E-state index in [2.05, 4.69) is 15.6 Å². The molecule has 1 aliphatic rings. The molecule has 96 valence electrons. The lowest BCUT2D eigenvalue weighted by Crippen LogP contribution is -2.40. The number of nitrogens with zero attached hydrogens (tertiary/aromatic N) is 1. The molecule has 0 aliphatic heterocycles. The van der Waals surface area contributed by atoms with Crippen LogP contribution < -0.4 is 10.6 Å². The molecule has 0 atom stereocenters. The van der Waals surface area contributed by atoms with Gasteiger partial charge in [-0.05, 0) is 37.5 Å². The number of rotatable bonds is 2. The SMILES string of the molecule is Cc1ccnc(NC(=O)C(=O)NC2CCCC2)c1. The summed E-state index contributed by atoms with van der Waals surface area (Å²) in [6, 6.07) is 3.70. The maximum Gasteiger partial charge on any atom is 0.314 e. The van der Waals surface area contributed by atoms with Crippen molar-refractivity contribution < 1.29 is 9.59 Å². The molecule has 0 radical (unpaired) electrons. The molecule has 0 aromatic carbocycles. The van der Waals surface area contributed by atoms with Crippen LogP contribution in [0, 0.1) is 6.92 Å². The summed E-state index contributed by atoms with van der Waals surface area (Å²) in [5.41, 5.74) is 0.983. The zero-order valence-corrected chi connectivity index (χ0v) is 10.4. The van der Waals surface area contributed by atoms with Crippen LogP contribution in [0.15, 0.2) is 18.3 Å². The van der Waals surface area contributed by atoms with E-state index < -0.39 is 11.8 Å². The highest BCUT2D eigenvalue weighted by Gasteiger charge is 2.21. The molecule has 0 bridgehead atoms. The first-order valence-electron chi connectivity index (χ1n) is 6.19. The smallest absolute Gasteiger partial charge is 0.314 e. The van der Waals surface area contributed by atoms with Crippen LogP contribution in [0.5, 0.6) is 0 Å². The second-order valence-electron chi connectivity index (χ2n) is 4.63. The summed E-state index contributed by atoms with van der Waals surface area (Å²) in [5, 5.41) is 5.23. The molecule has 1 aromatic heterocycles. The van der Waals surface area contributed by atoms with Crippen LogP contribution in [0.2, 0.25) is 0 Å². The van der Waals surface area contributed by atoms with Gasteiger partial charge in [0.05, 0.1) is 0 Å². The lowest BCUT2D eigenvalue weighted by Gasteiger charge is -2.11. The number of aryl methyl sites for hydroxylation is 1. The molecule has 2 rings (SSSR count). The molecule has 2 amide bonds. The van der Waals surface area contributed by atoms with E-state index in [1.807, 2.05) is 13.0 Å². The third-order valence-corrected chi connectivity index (χ3v) is 3.05. The Hall–Kier alpha value is -1.91. The van der Waals surface area contributed by atoms with Gasteiger partial charge in [0.15, 0.2) is 0 Å². The van der Waals surface area contributed by atoms with Crippen LogP contribution in [-0.2, 0) is 9.59 Å². The molecule has 2 N–H and O–H groups in total. The van der Waals surface area contributed by atoms with Gasteiger partial charge in [-0.15, -0.1) is 0 Å². The molecule has 0 spiro atoms. The molecule has 1 saturated carbocycles. The first kappa shape index (κ1) is 12.5. The lowest BCUT2D eigenvalue weighted by molar-refractivity contribution is -0.136. The maximum absolute atomic E-state index is 11.6. The van der Waals surface area contributed by atoms with Crippen LogP contribution in [0.3, 0.4) is 0 Å². The van der Waals surface area contributed by atoms with Crippen molar-refractivity contribution >= 4 is 17.6 Å². The Kier molecular flexibility index (Phi) is 3.92. The number of nitrogens with one attached hydrogen (secondary N) is 2. The summed E-state index contributed by atoms with van der Waals surface area (Å²) in [6.45, 7) is 1.90. The van der Waals surface area contributed by atoms with E-state index in [-0.39, 0.29) is 6.04 Å². The van der Waals surface area contributed by atoms with Crippen molar-refractivity contribution in [1.82, 2.24) is 10.3 Å². The van der Waals surface area contributed by atoms with Gasteiger partial charge >= 0.3 is 11.8 Å². The van der Waals surface area contributed by atoms with Crippen molar-refractivity contribution in [1.29, 1.82) is 0 Å². The van der Waals surface area contributed by atoms with Crippen LogP contribution in [0.25, 0.3) is 0 Å². The Morgan fingerprint density at radius 1 is 1.28 bits per heavy atom. The number of anilines is 1. The monoisotopic (exact) mass is 247 g/mol. The van der Waals surface area contributed by atoms with Crippen LogP contribution in [0.1, 0.15) is 31.2 Å². The summed E-state index contributed by atoms with van der Waals surface area (Å²) in [6.07, 6.45) is 5.75. The van der Waals surface area contributed by atoms with Gasteiger partial charge in [0.1, 0.15) is 5.82 Å². The number of carbonyl (C=O) groups is 2. The highest BCUT2D eigenvalue weighted by molar-refractivity contribution is 6.39. The molecule has 18 heavy (non-hydrogen) atoms. The molecule has 1 aromatic rings. The minimum absolute atomic E-state index is 0.147. The predicted octanol–water partition coefficient (Wildman–Crippen LogP) is 1.39. The third kappa shape index (κ3) is 3.29. The van der Waals surface area contributed by atoms with E-state index >= 15 is 0 Å². The van der Waals surface area contributed by atoms with Gasteiger partial charge in [0, 0.05) is 12.2 Å². The van der Waals surface area contributed by atoms with Gasteiger partial charge in [-0.25, -0.2) is 4.98 Å². The second kappa shape index (κ2) is 5.62. The zero-order chi connectivity index (χ0) is 13.0. The molecule has 5 heteroatoms. The molecule has 0 saturated heterocycles. The molecular formula is C13H17N3O2. The Bertz CT molecular complexity index is 453. The van der Waals surface area contributed by atoms with E-state index in [0.29, 0.717) is 5.82 Å². The topological polar surface area (TPSA) is 71.1 Å². The van der Waals surface area contributed by atoms with E-state index in [1.54, 1.807) is 12.3 Å². The number of carbonyl (C=O) groups excluding carboxylic acids is 2. The predicted molar refractivity (Wildman–Crippen MR) is 68.0 cm³/mol. The molecule has 0 unspecified atom stereocenters. The Labute approximate surface area is 106 Å². The average Bonchev–Trinajstić information content (AvgIpc) is 2.81. The number of hydrogen-bond donors (Lipinski definition) is 2. The summed E-state index contributed by atoms with van der Waals surface area (Å²) < 4.78 is 0. The minimum Gasteiger partial charge on any atom is -0.345 e. The quantitative estimate of drug-likeness (QED) is 0.776. The van der Waals surface area contributed by atoms with E-state index in [1.165, 1.54) is 0 Å². The van der Waals surface area contributed by atoms with Crippen molar-refractivity contribution in [2.45, 2.75) is 38.6 Å². The van der Waals surface area contributed by atoms with Crippen LogP contribution >= 0.6 is 0 Å². The van der Waals surface area contributed by atoms with Crippen molar-refractivity contribution in [2.75, 3.05) is 5.32 Å². The largest absolute Gasteiger partial charge is 0.345 e. The van der Waals surface area contributed by atoms with E-state index in [4.69, 9.17) is 0 Å². The molecule has 5 nitrogen and oxygen atoms in total. The van der Waals surface area contributed by atoms with Crippen molar-refractivity contribution in [2.24, 2.45) is 0 Å². The van der Waals surface area contributed by atoms with Crippen LogP contribution in [-0.4, -0.2) is 22.8 Å². The molecular weight excluding hydrogens is 230 g/mol. The fourth-order valence-corrected chi connectivity index (χ4v) is 2.10. The summed E-state index contributed by atoms with van der Waals surface area (Å²) in [5.74, 6) is -0.827. The normalized spacial score (nSPS) is 15.4. The zero-order valence-electron chi connectivity index (χ0n) is 10.4. The number of hydrogen-bond acceptors (Lipinski definition) is 3. The standard InChI is InChI=1S/C13H17N3O2/c1-9-6-7-14-11(8-9)16-13(18)12(17)15-10-4-2-3-5-10/h6-8,10H,2-5H2,1H3,(H,15,17)(H,14,16,18). The van der Waals surface area contributed by atoms with Crippen LogP contribution in [0.4, 0.5) is 5.82 Å². The molecule has 1 heterocycles. The van der Waals surface area contributed by atoms with Gasteiger partial charge in [0.2, 0.25) is 0 Å². The lowest BCUT2D eigenvalue weighted by atomic mass is 10.2. The second-order valence-corrected chi connectivity index (χ2v) is 4.63. The number of pyridine rings is 1. The Balaban J connectivity index is 1.88. The van der Waals surface area contributed by atoms with Gasteiger partial charge in [-0.1, -0.05) is 12.8 Å². The highest BCUT2D eigenvalue weighted by atomic mass is 16.2. The van der Waals surface area contributed by atoms with Gasteiger partial charge < -0.3 is 10.6 Å². The van der Waals surface area contributed by atoms with Crippen molar-refractivity contribution in [3.05, 3.63) is 23.9 Å². The maximum atomic E-state index is 11.6. The Morgan fingerprint density at radius 3 is 2.67 bits per heavy atom. The summed E-state index contributed by atoms with van der Waals surface area (Å²) >= 11 is 0. The molecule has 1 fully saturated rings. The minimum atomic E-state index is -0.653. The highest BCUT2D eigenvalue weighted by Crippen LogP contribution is 2.17. The van der Waals surface area contributed by atoms with Crippen molar-refractivity contribution in [3.63, 3.8) is 0 Å². The summed E-state index contributed by atoms with van der Waals surface area (Å²) in [7, 11) is 0. The third-order valence-electron chi connectivity index (χ3n) is 3.05. The van der Waals surface area contributed by atoms with Gasteiger partial charge in [-0.3, -0.25) is 9.59 Å². The molecule has 1 aliphatic carbocycles. The van der Waals surface area contributed by atoms with E-state index in [9.17, 15) is 9.59 Å². The number of aromatic nitrogens is 1. The first-order chi connectivity index (χ1) is 8.65. The fraction of sp³-hybridized carbons (Fsp3) is 0.462. The average molecular weight is 247 g/mol. The summed E-state index contributed by atoms with van der Waals surface area (Å²) in [4.78, 5) is 27.3. The van der Waals surface area contributed by atoms with Gasteiger partial charge in [-0.2, -0.15) is 0 Å². The van der Waals surface area contributed by atoms with Gasteiger partial charge in [0.25, 0.3) is 0 Å². The van der Waals surface area contributed by atoms with Crippen molar-refractivity contribution in [3.8, 4) is 0 Å². The Morgan fingerprint density at radius 2 is 2.00 bits per heavy atom. The fourth-order valence-electron chi connectivity index (χ4n) is 2.10. The first-order valence-corrected chi connectivity index (χ1v) is 6.19. The van der Waals surface area contributed by atoms with E-state index in [0.717, 1.165) is 31.2 Å².